The van der Waals surface area contributed by atoms with Crippen LogP contribution in [-0.4, -0.2) is 20.2 Å². The predicted molar refractivity (Wildman–Crippen MR) is 48.1 cm³/mol. The van der Waals surface area contributed by atoms with Gasteiger partial charge in [-0.2, -0.15) is 0 Å². The van der Waals surface area contributed by atoms with Crippen LogP contribution in [0.15, 0.2) is 29.0 Å². The highest BCUT2D eigenvalue weighted by Gasteiger charge is 2.23. The van der Waals surface area contributed by atoms with Crippen molar-refractivity contribution >= 4 is 5.69 Å². The summed E-state index contributed by atoms with van der Waals surface area (Å²) in [6.45, 7) is 0. The van der Waals surface area contributed by atoms with Gasteiger partial charge in [-0.25, -0.2) is 0 Å². The Balaban J connectivity index is 2.66. The van der Waals surface area contributed by atoms with Crippen LogP contribution >= 0.6 is 0 Å². The second-order valence-electron chi connectivity index (χ2n) is 2.67. The molecule has 1 N–H and O–H groups in total. The summed E-state index contributed by atoms with van der Waals surface area (Å²) in [4.78, 5) is 9.99. The highest BCUT2D eigenvalue weighted by atomic mass is 16.6. The Labute approximate surface area is 83.1 Å². The third-order valence-electron chi connectivity index (χ3n) is 1.79. The Kier molecular flexibility index (Phi) is 2.05. The molecule has 7 heteroatoms. The van der Waals surface area contributed by atoms with Crippen LogP contribution in [0.4, 0.5) is 5.69 Å². The molecule has 2 aromatic rings. The molecular formula is C8H5N3O4. The molecule has 76 valence electrons. The molecule has 15 heavy (non-hydrogen) atoms. The van der Waals surface area contributed by atoms with Gasteiger partial charge >= 0.3 is 5.69 Å². The lowest BCUT2D eigenvalue weighted by atomic mass is 10.1. The summed E-state index contributed by atoms with van der Waals surface area (Å²) < 4.78 is 4.83. The van der Waals surface area contributed by atoms with Gasteiger partial charge in [-0.15, -0.1) is 10.2 Å². The van der Waals surface area contributed by atoms with E-state index in [9.17, 15) is 15.2 Å². The lowest BCUT2D eigenvalue weighted by molar-refractivity contribution is -0.385. The van der Waals surface area contributed by atoms with Crippen LogP contribution in [0.3, 0.4) is 0 Å². The number of aromatic hydroxyl groups is 1. The third kappa shape index (κ3) is 1.50. The Hall–Kier alpha value is -2.44. The third-order valence-corrected chi connectivity index (χ3v) is 1.79. The number of nitro groups is 1. The molecular weight excluding hydrogens is 202 g/mol. The maximum atomic E-state index is 10.7. The summed E-state index contributed by atoms with van der Waals surface area (Å²) in [5.74, 6) is -0.437. The van der Waals surface area contributed by atoms with Gasteiger partial charge < -0.3 is 9.52 Å². The number of rotatable bonds is 2. The van der Waals surface area contributed by atoms with Crippen molar-refractivity contribution in [1.29, 1.82) is 0 Å². The minimum Gasteiger partial charge on any atom is -0.502 e. The molecule has 0 saturated heterocycles. The van der Waals surface area contributed by atoms with Crippen LogP contribution in [0.5, 0.6) is 5.75 Å². The Morgan fingerprint density at radius 2 is 2.27 bits per heavy atom. The van der Waals surface area contributed by atoms with E-state index in [1.54, 1.807) is 0 Å². The molecule has 0 radical (unpaired) electrons. The molecule has 0 spiro atoms. The summed E-state index contributed by atoms with van der Waals surface area (Å²) >= 11 is 0. The first-order valence-electron chi connectivity index (χ1n) is 3.93. The van der Waals surface area contributed by atoms with Crippen molar-refractivity contribution in [3.8, 4) is 17.2 Å². The number of phenolic OH excluding ortho intramolecular Hbond substituents is 1. The molecule has 0 unspecified atom stereocenters. The van der Waals surface area contributed by atoms with Gasteiger partial charge in [-0.05, 0) is 12.1 Å². The van der Waals surface area contributed by atoms with Gasteiger partial charge in [0.2, 0.25) is 6.39 Å². The number of nitro benzene ring substituents is 1. The Morgan fingerprint density at radius 3 is 2.87 bits per heavy atom. The topological polar surface area (TPSA) is 102 Å². The fourth-order valence-corrected chi connectivity index (χ4v) is 1.19. The molecule has 1 aromatic carbocycles. The van der Waals surface area contributed by atoms with Crippen LogP contribution in [-0.2, 0) is 0 Å². The maximum Gasteiger partial charge on any atom is 0.323 e. The van der Waals surface area contributed by atoms with Gasteiger partial charge in [0.25, 0.3) is 5.89 Å². The first-order valence-corrected chi connectivity index (χ1v) is 3.93. The normalized spacial score (nSPS) is 10.1. The number of nitrogens with zero attached hydrogens (tertiary/aromatic N) is 3. The molecule has 0 fully saturated rings. The average Bonchev–Trinajstić information content (AvgIpc) is 2.69. The van der Waals surface area contributed by atoms with Crippen molar-refractivity contribution < 1.29 is 14.4 Å². The van der Waals surface area contributed by atoms with Gasteiger partial charge in [0.05, 0.1) is 4.92 Å². The van der Waals surface area contributed by atoms with Crippen LogP contribution in [0, 0.1) is 10.1 Å². The molecule has 7 nitrogen and oxygen atoms in total. The second-order valence-corrected chi connectivity index (χ2v) is 2.67. The van der Waals surface area contributed by atoms with E-state index in [0.29, 0.717) is 0 Å². The van der Waals surface area contributed by atoms with E-state index in [1.807, 2.05) is 0 Å². The van der Waals surface area contributed by atoms with E-state index >= 15 is 0 Å². The van der Waals surface area contributed by atoms with Crippen molar-refractivity contribution in [2.75, 3.05) is 0 Å². The largest absolute Gasteiger partial charge is 0.502 e. The van der Waals surface area contributed by atoms with E-state index in [-0.39, 0.29) is 11.5 Å². The molecule has 1 heterocycles. The van der Waals surface area contributed by atoms with E-state index < -0.39 is 16.4 Å². The fraction of sp³-hybridized carbons (Fsp3) is 0. The average molecular weight is 207 g/mol. The van der Waals surface area contributed by atoms with Crippen molar-refractivity contribution in [3.63, 3.8) is 0 Å². The molecule has 0 aliphatic heterocycles. The predicted octanol–water partition coefficient (Wildman–Crippen LogP) is 1.35. The SMILES string of the molecule is O=[N+]([O-])c1c(O)cccc1-c1nnco1. The first kappa shape index (κ1) is 9.13. The summed E-state index contributed by atoms with van der Waals surface area (Å²) in [5.41, 5.74) is -0.348. The minimum atomic E-state index is -0.700. The smallest absolute Gasteiger partial charge is 0.323 e. The molecule has 0 bridgehead atoms. The maximum absolute atomic E-state index is 10.7. The zero-order chi connectivity index (χ0) is 10.8. The zero-order valence-corrected chi connectivity index (χ0v) is 7.32. The fourth-order valence-electron chi connectivity index (χ4n) is 1.19. The number of para-hydroxylation sites is 1. The van der Waals surface area contributed by atoms with Gasteiger partial charge in [-0.1, -0.05) is 6.07 Å². The van der Waals surface area contributed by atoms with Crippen LogP contribution < -0.4 is 0 Å². The van der Waals surface area contributed by atoms with Crippen molar-refractivity contribution in [2.24, 2.45) is 0 Å². The van der Waals surface area contributed by atoms with Crippen LogP contribution in [0.2, 0.25) is 0 Å². The number of hydrogen-bond donors (Lipinski definition) is 1. The molecule has 2 rings (SSSR count). The molecule has 0 aliphatic rings. The number of phenols is 1. The summed E-state index contributed by atoms with van der Waals surface area (Å²) in [6.07, 6.45) is 1.06. The highest BCUT2D eigenvalue weighted by Crippen LogP contribution is 2.35. The first-order chi connectivity index (χ1) is 7.20. The van der Waals surface area contributed by atoms with Gasteiger partial charge in [-0.3, -0.25) is 10.1 Å². The number of hydrogen-bond acceptors (Lipinski definition) is 6. The van der Waals surface area contributed by atoms with Crippen molar-refractivity contribution in [3.05, 3.63) is 34.7 Å². The Morgan fingerprint density at radius 1 is 1.47 bits per heavy atom. The Bertz CT molecular complexity index is 495. The van der Waals surface area contributed by atoms with E-state index in [0.717, 1.165) is 6.39 Å². The monoisotopic (exact) mass is 207 g/mol. The number of benzene rings is 1. The highest BCUT2D eigenvalue weighted by molar-refractivity contribution is 5.71. The number of aromatic nitrogens is 2. The quantitative estimate of drug-likeness (QED) is 0.588. The van der Waals surface area contributed by atoms with Gasteiger partial charge in [0.1, 0.15) is 5.56 Å². The van der Waals surface area contributed by atoms with Crippen molar-refractivity contribution in [1.82, 2.24) is 10.2 Å². The lowest BCUT2D eigenvalue weighted by Crippen LogP contribution is -1.92. The molecule has 0 atom stereocenters. The minimum absolute atomic E-state index is 0.00222. The summed E-state index contributed by atoms with van der Waals surface area (Å²) in [7, 11) is 0. The molecule has 0 amide bonds. The molecule has 1 aromatic heterocycles. The van der Waals surface area contributed by atoms with E-state index in [1.165, 1.54) is 18.2 Å². The van der Waals surface area contributed by atoms with Gasteiger partial charge in [0.15, 0.2) is 5.75 Å². The summed E-state index contributed by atoms with van der Waals surface area (Å²) in [5, 5.41) is 27.0. The van der Waals surface area contributed by atoms with E-state index in [4.69, 9.17) is 4.42 Å². The van der Waals surface area contributed by atoms with Crippen LogP contribution in [0.25, 0.3) is 11.5 Å². The van der Waals surface area contributed by atoms with Gasteiger partial charge in [0, 0.05) is 0 Å². The second kappa shape index (κ2) is 3.37. The lowest BCUT2D eigenvalue weighted by Gasteiger charge is -1.99. The van der Waals surface area contributed by atoms with Crippen molar-refractivity contribution in [2.45, 2.75) is 0 Å². The summed E-state index contributed by atoms with van der Waals surface area (Å²) in [6, 6.07) is 4.10. The molecule has 0 saturated carbocycles. The molecule has 0 aliphatic carbocycles. The zero-order valence-electron chi connectivity index (χ0n) is 7.32. The van der Waals surface area contributed by atoms with E-state index in [2.05, 4.69) is 10.2 Å². The standard InChI is InChI=1S/C8H5N3O4/c12-6-3-1-2-5(7(6)11(13)14)8-10-9-4-15-8/h1-4,12H. The van der Waals surface area contributed by atoms with Crippen LogP contribution in [0.1, 0.15) is 0 Å².